The fourth-order valence-corrected chi connectivity index (χ4v) is 3.19. The van der Waals surface area contributed by atoms with E-state index in [1.807, 2.05) is 12.1 Å². The molecular formula is C13H17BrClNO. The van der Waals surface area contributed by atoms with Crippen molar-refractivity contribution in [2.24, 2.45) is 0 Å². The van der Waals surface area contributed by atoms with Gasteiger partial charge in [0, 0.05) is 34.7 Å². The summed E-state index contributed by atoms with van der Waals surface area (Å²) in [4.78, 5) is 2.35. The van der Waals surface area contributed by atoms with E-state index in [2.05, 4.69) is 40.7 Å². The van der Waals surface area contributed by atoms with Gasteiger partial charge in [-0.3, -0.25) is 0 Å². The number of ether oxygens (including phenoxy) is 1. The lowest BCUT2D eigenvalue weighted by atomic mass is 10.1. The normalized spacial score (nSPS) is 19.4. The molecule has 1 heterocycles. The van der Waals surface area contributed by atoms with Crippen molar-refractivity contribution in [3.63, 3.8) is 0 Å². The number of hydrogen-bond donors (Lipinski definition) is 0. The van der Waals surface area contributed by atoms with E-state index in [1.54, 1.807) is 0 Å². The van der Waals surface area contributed by atoms with Crippen molar-refractivity contribution in [3.05, 3.63) is 28.8 Å². The van der Waals surface area contributed by atoms with Gasteiger partial charge in [0.2, 0.25) is 0 Å². The minimum atomic E-state index is -0.0931. The molecule has 0 spiro atoms. The Balaban J connectivity index is 2.30. The minimum Gasteiger partial charge on any atom is -0.372 e. The Morgan fingerprint density at radius 1 is 1.47 bits per heavy atom. The molecule has 0 bridgehead atoms. The van der Waals surface area contributed by atoms with Gasteiger partial charge in [-0.15, -0.1) is 0 Å². The third kappa shape index (κ3) is 2.95. The molecule has 1 aromatic rings. The molecule has 94 valence electrons. The van der Waals surface area contributed by atoms with Crippen LogP contribution in [0.5, 0.6) is 0 Å². The molecule has 1 aliphatic heterocycles. The van der Waals surface area contributed by atoms with Gasteiger partial charge in [0.25, 0.3) is 0 Å². The van der Waals surface area contributed by atoms with Crippen molar-refractivity contribution < 1.29 is 4.74 Å². The molecule has 0 unspecified atom stereocenters. The number of anilines is 1. The summed E-state index contributed by atoms with van der Waals surface area (Å²) in [6.07, 6.45) is 0. The van der Waals surface area contributed by atoms with Crippen molar-refractivity contribution in [1.29, 1.82) is 0 Å². The lowest BCUT2D eigenvalue weighted by Gasteiger charge is -2.40. The van der Waals surface area contributed by atoms with Crippen LogP contribution >= 0.6 is 27.5 Å². The molecule has 0 amide bonds. The maximum atomic E-state index is 6.23. The predicted octanol–water partition coefficient (Wildman–Crippen LogP) is 3.85. The van der Waals surface area contributed by atoms with Gasteiger partial charge >= 0.3 is 0 Å². The Morgan fingerprint density at radius 2 is 2.24 bits per heavy atom. The zero-order valence-electron chi connectivity index (χ0n) is 10.2. The predicted molar refractivity (Wildman–Crippen MR) is 76.3 cm³/mol. The second kappa shape index (κ2) is 5.17. The summed E-state index contributed by atoms with van der Waals surface area (Å²) in [6.45, 7) is 6.83. The van der Waals surface area contributed by atoms with Crippen LogP contribution in [0.25, 0.3) is 0 Å². The van der Waals surface area contributed by atoms with Gasteiger partial charge in [-0.2, -0.15) is 0 Å². The Bertz CT molecular complexity index is 408. The molecule has 0 N–H and O–H groups in total. The zero-order valence-corrected chi connectivity index (χ0v) is 12.5. The second-order valence-corrected chi connectivity index (χ2v) is 5.87. The van der Waals surface area contributed by atoms with Gasteiger partial charge in [0.1, 0.15) is 0 Å². The molecule has 2 rings (SSSR count). The number of benzene rings is 1. The van der Waals surface area contributed by atoms with E-state index in [4.69, 9.17) is 16.3 Å². The summed E-state index contributed by atoms with van der Waals surface area (Å²) in [5.74, 6) is 0. The molecule has 4 heteroatoms. The van der Waals surface area contributed by atoms with Crippen LogP contribution in [-0.2, 0) is 10.1 Å². The standard InChI is InChI=1S/C13H17BrClNO/c1-13(2)9-16(6-7-17-13)12-5-3-4-11(15)10(12)8-14/h3-5H,6-9H2,1-2H3. The monoisotopic (exact) mass is 317 g/mol. The molecule has 1 aliphatic rings. The number of halogens is 2. The van der Waals surface area contributed by atoms with Gasteiger partial charge in [0.15, 0.2) is 0 Å². The summed E-state index contributed by atoms with van der Waals surface area (Å²) in [6, 6.07) is 6.07. The van der Waals surface area contributed by atoms with Crippen LogP contribution in [0.15, 0.2) is 18.2 Å². The molecule has 0 atom stereocenters. The second-order valence-electron chi connectivity index (χ2n) is 4.90. The van der Waals surface area contributed by atoms with Crippen molar-refractivity contribution in [3.8, 4) is 0 Å². The highest BCUT2D eigenvalue weighted by Gasteiger charge is 2.28. The Hall–Kier alpha value is -0.250. The largest absolute Gasteiger partial charge is 0.372 e. The Kier molecular flexibility index (Phi) is 4.01. The van der Waals surface area contributed by atoms with Crippen LogP contribution in [0, 0.1) is 0 Å². The average Bonchev–Trinajstić information content (AvgIpc) is 2.27. The van der Waals surface area contributed by atoms with Crippen molar-refractivity contribution in [2.45, 2.75) is 24.8 Å². The first-order valence-electron chi connectivity index (χ1n) is 5.76. The SMILES string of the molecule is CC1(C)CN(c2cccc(Cl)c2CBr)CCO1. The smallest absolute Gasteiger partial charge is 0.0801 e. The van der Waals surface area contributed by atoms with Crippen LogP contribution < -0.4 is 4.90 Å². The third-order valence-electron chi connectivity index (χ3n) is 2.99. The summed E-state index contributed by atoms with van der Waals surface area (Å²) in [5, 5.41) is 1.60. The summed E-state index contributed by atoms with van der Waals surface area (Å²) in [7, 11) is 0. The van der Waals surface area contributed by atoms with Crippen LogP contribution in [0.4, 0.5) is 5.69 Å². The number of nitrogens with zero attached hydrogens (tertiary/aromatic N) is 1. The first-order valence-corrected chi connectivity index (χ1v) is 7.26. The minimum absolute atomic E-state index is 0.0931. The van der Waals surface area contributed by atoms with E-state index in [1.165, 1.54) is 5.69 Å². The van der Waals surface area contributed by atoms with E-state index in [9.17, 15) is 0 Å². The first-order chi connectivity index (χ1) is 8.03. The molecule has 0 radical (unpaired) electrons. The molecule has 0 aliphatic carbocycles. The number of rotatable bonds is 2. The van der Waals surface area contributed by atoms with Crippen LogP contribution in [0.2, 0.25) is 5.02 Å². The highest BCUT2D eigenvalue weighted by atomic mass is 79.9. The van der Waals surface area contributed by atoms with Gasteiger partial charge in [-0.05, 0) is 26.0 Å². The molecule has 1 saturated heterocycles. The quantitative estimate of drug-likeness (QED) is 0.768. The van der Waals surface area contributed by atoms with Crippen molar-refractivity contribution in [2.75, 3.05) is 24.6 Å². The van der Waals surface area contributed by atoms with Crippen molar-refractivity contribution in [1.82, 2.24) is 0 Å². The topological polar surface area (TPSA) is 12.5 Å². The van der Waals surface area contributed by atoms with E-state index < -0.39 is 0 Å². The van der Waals surface area contributed by atoms with E-state index in [-0.39, 0.29) is 5.60 Å². The molecule has 17 heavy (non-hydrogen) atoms. The van der Waals surface area contributed by atoms with E-state index in [0.717, 1.165) is 35.6 Å². The maximum Gasteiger partial charge on any atom is 0.0801 e. The summed E-state index contributed by atoms with van der Waals surface area (Å²) < 4.78 is 5.73. The molecule has 1 fully saturated rings. The van der Waals surface area contributed by atoms with Gasteiger partial charge in [-0.1, -0.05) is 33.6 Å². The fraction of sp³-hybridized carbons (Fsp3) is 0.538. The number of morpholine rings is 1. The Labute approximate surface area is 116 Å². The molecule has 0 aromatic heterocycles. The lowest BCUT2D eigenvalue weighted by molar-refractivity contribution is -0.0277. The van der Waals surface area contributed by atoms with Crippen molar-refractivity contribution >= 4 is 33.2 Å². The molecular weight excluding hydrogens is 302 g/mol. The van der Waals surface area contributed by atoms with E-state index in [0.29, 0.717) is 0 Å². The molecule has 0 saturated carbocycles. The highest BCUT2D eigenvalue weighted by Crippen LogP contribution is 2.32. The summed E-state index contributed by atoms with van der Waals surface area (Å²) in [5.41, 5.74) is 2.28. The van der Waals surface area contributed by atoms with Crippen LogP contribution in [0.1, 0.15) is 19.4 Å². The van der Waals surface area contributed by atoms with Crippen LogP contribution in [0.3, 0.4) is 0 Å². The third-order valence-corrected chi connectivity index (χ3v) is 3.91. The average molecular weight is 319 g/mol. The van der Waals surface area contributed by atoms with E-state index >= 15 is 0 Å². The fourth-order valence-electron chi connectivity index (χ4n) is 2.20. The Morgan fingerprint density at radius 3 is 2.88 bits per heavy atom. The molecule has 1 aromatic carbocycles. The van der Waals surface area contributed by atoms with Crippen LogP contribution in [-0.4, -0.2) is 25.3 Å². The number of hydrogen-bond acceptors (Lipinski definition) is 2. The summed E-state index contributed by atoms with van der Waals surface area (Å²) >= 11 is 9.74. The highest BCUT2D eigenvalue weighted by molar-refractivity contribution is 9.08. The maximum absolute atomic E-state index is 6.23. The van der Waals surface area contributed by atoms with Gasteiger partial charge < -0.3 is 9.64 Å². The first kappa shape index (κ1) is 13.2. The zero-order chi connectivity index (χ0) is 12.5. The number of alkyl halides is 1. The van der Waals surface area contributed by atoms with Gasteiger partial charge in [-0.25, -0.2) is 0 Å². The van der Waals surface area contributed by atoms with Gasteiger partial charge in [0.05, 0.1) is 12.2 Å². The molecule has 2 nitrogen and oxygen atoms in total. The lowest BCUT2D eigenvalue weighted by Crippen LogP contribution is -2.48.